The Bertz CT molecular complexity index is 1040. The summed E-state index contributed by atoms with van der Waals surface area (Å²) in [6.45, 7) is 0. The second-order valence-electron chi connectivity index (χ2n) is 6.00. The molecular weight excluding hydrogens is 372 g/mol. The Morgan fingerprint density at radius 3 is 2.59 bits per heavy atom. The van der Waals surface area contributed by atoms with Gasteiger partial charge in [0.05, 0.1) is 23.8 Å². The largest absolute Gasteiger partial charge is 0.497 e. The molecule has 8 heteroatoms. The van der Waals surface area contributed by atoms with Crippen molar-refractivity contribution in [1.82, 2.24) is 4.98 Å². The van der Waals surface area contributed by atoms with E-state index in [-0.39, 0.29) is 12.8 Å². The van der Waals surface area contributed by atoms with Gasteiger partial charge in [0, 0.05) is 22.2 Å². The van der Waals surface area contributed by atoms with Gasteiger partial charge in [0.15, 0.2) is 0 Å². The minimum absolute atomic E-state index is 0.0620. The molecule has 0 radical (unpaired) electrons. The van der Waals surface area contributed by atoms with Gasteiger partial charge in [0.1, 0.15) is 11.8 Å². The molecule has 3 N–H and O–H groups in total. The number of hydrogen-bond donors (Lipinski definition) is 3. The maximum atomic E-state index is 11.6. The monoisotopic (exact) mass is 388 g/mol. The fourth-order valence-corrected chi connectivity index (χ4v) is 3.04. The molecule has 0 unspecified atom stereocenters. The van der Waals surface area contributed by atoms with Crippen molar-refractivity contribution in [2.75, 3.05) is 12.4 Å². The van der Waals surface area contributed by atoms with Crippen molar-refractivity contribution in [2.24, 2.45) is 0 Å². The number of anilines is 1. The predicted molar refractivity (Wildman–Crippen MR) is 103 cm³/mol. The Morgan fingerprint density at radius 1 is 1.15 bits per heavy atom. The molecule has 2 aromatic carbocycles. The summed E-state index contributed by atoms with van der Waals surface area (Å²) in [4.78, 5) is 27.1. The van der Waals surface area contributed by atoms with Crippen LogP contribution in [0.25, 0.3) is 21.8 Å². The van der Waals surface area contributed by atoms with Gasteiger partial charge in [-0.3, -0.25) is 4.79 Å². The number of halogens is 1. The SMILES string of the molecule is COc1ccc2nc3cc(Cl)ccc3c(N[C@H](CCC(=O)O)C(=O)O)c2c1. The van der Waals surface area contributed by atoms with E-state index >= 15 is 0 Å². The number of pyridine rings is 1. The zero-order chi connectivity index (χ0) is 19.6. The van der Waals surface area contributed by atoms with Crippen LogP contribution in [-0.2, 0) is 9.59 Å². The summed E-state index contributed by atoms with van der Waals surface area (Å²) in [6, 6.07) is 9.35. The molecule has 0 bridgehead atoms. The molecule has 1 aromatic heterocycles. The molecule has 3 aromatic rings. The number of benzene rings is 2. The molecule has 3 rings (SSSR count). The number of carbonyl (C=O) groups is 2. The van der Waals surface area contributed by atoms with E-state index in [4.69, 9.17) is 21.4 Å². The van der Waals surface area contributed by atoms with E-state index in [1.807, 2.05) is 0 Å². The van der Waals surface area contributed by atoms with Gasteiger partial charge < -0.3 is 20.3 Å². The van der Waals surface area contributed by atoms with Crippen molar-refractivity contribution in [3.63, 3.8) is 0 Å². The van der Waals surface area contributed by atoms with Crippen LogP contribution in [0.2, 0.25) is 5.02 Å². The van der Waals surface area contributed by atoms with Crippen LogP contribution in [-0.4, -0.2) is 40.3 Å². The van der Waals surface area contributed by atoms with Crippen LogP contribution in [0, 0.1) is 0 Å². The standard InChI is InChI=1S/C19H17ClN2O5/c1-27-11-3-5-14-13(9-11)18(12-4-2-10(20)8-16(12)21-14)22-15(19(25)26)6-7-17(23)24/h2-5,8-9,15H,6-7H2,1H3,(H,21,22)(H,23,24)(H,25,26)/t15-/m1/s1. The Labute approximate surface area is 159 Å². The lowest BCUT2D eigenvalue weighted by atomic mass is 10.0. The molecule has 140 valence electrons. The first-order valence-corrected chi connectivity index (χ1v) is 8.55. The van der Waals surface area contributed by atoms with Crippen LogP contribution in [0.3, 0.4) is 0 Å². The molecule has 0 saturated heterocycles. The molecule has 27 heavy (non-hydrogen) atoms. The van der Waals surface area contributed by atoms with Gasteiger partial charge in [-0.05, 0) is 42.8 Å². The first-order chi connectivity index (χ1) is 12.9. The maximum absolute atomic E-state index is 11.6. The second-order valence-corrected chi connectivity index (χ2v) is 6.44. The number of fused-ring (bicyclic) bond motifs is 2. The van der Waals surface area contributed by atoms with Crippen molar-refractivity contribution in [3.8, 4) is 5.75 Å². The Morgan fingerprint density at radius 2 is 1.93 bits per heavy atom. The zero-order valence-corrected chi connectivity index (χ0v) is 15.2. The van der Waals surface area contributed by atoms with Gasteiger partial charge in [-0.15, -0.1) is 0 Å². The summed E-state index contributed by atoms with van der Waals surface area (Å²) < 4.78 is 5.27. The highest BCUT2D eigenvalue weighted by atomic mass is 35.5. The van der Waals surface area contributed by atoms with E-state index in [1.54, 1.807) is 36.4 Å². The summed E-state index contributed by atoms with van der Waals surface area (Å²) in [6.07, 6.45) is -0.326. The van der Waals surface area contributed by atoms with Crippen LogP contribution in [0.5, 0.6) is 5.75 Å². The summed E-state index contributed by atoms with van der Waals surface area (Å²) >= 11 is 6.07. The van der Waals surface area contributed by atoms with Crippen LogP contribution >= 0.6 is 11.6 Å². The van der Waals surface area contributed by atoms with Crippen molar-refractivity contribution in [3.05, 3.63) is 41.4 Å². The van der Waals surface area contributed by atoms with Crippen LogP contribution in [0.15, 0.2) is 36.4 Å². The van der Waals surface area contributed by atoms with Gasteiger partial charge in [-0.2, -0.15) is 0 Å². The quantitative estimate of drug-likeness (QED) is 0.528. The average molecular weight is 389 g/mol. The molecular formula is C19H17ClN2O5. The maximum Gasteiger partial charge on any atom is 0.326 e. The van der Waals surface area contributed by atoms with Gasteiger partial charge in [-0.25, -0.2) is 9.78 Å². The van der Waals surface area contributed by atoms with E-state index in [9.17, 15) is 14.7 Å². The van der Waals surface area contributed by atoms with Crippen LogP contribution in [0.1, 0.15) is 12.8 Å². The smallest absolute Gasteiger partial charge is 0.326 e. The molecule has 0 aliphatic rings. The zero-order valence-electron chi connectivity index (χ0n) is 14.4. The van der Waals surface area contributed by atoms with Crippen LogP contribution < -0.4 is 10.1 Å². The number of carboxylic acid groups (broad SMARTS) is 2. The lowest BCUT2D eigenvalue weighted by Crippen LogP contribution is -2.30. The third-order valence-corrected chi connectivity index (χ3v) is 4.44. The molecule has 0 spiro atoms. The Kier molecular flexibility index (Phi) is 5.32. The van der Waals surface area contributed by atoms with Crippen molar-refractivity contribution >= 4 is 51.0 Å². The lowest BCUT2D eigenvalue weighted by Gasteiger charge is -2.19. The van der Waals surface area contributed by atoms with E-state index < -0.39 is 18.0 Å². The summed E-state index contributed by atoms with van der Waals surface area (Å²) in [5.74, 6) is -1.59. The normalized spacial score (nSPS) is 12.1. The van der Waals surface area contributed by atoms with Crippen LogP contribution in [0.4, 0.5) is 5.69 Å². The molecule has 1 atom stereocenters. The Hall–Kier alpha value is -3.06. The molecule has 1 heterocycles. The molecule has 7 nitrogen and oxygen atoms in total. The number of carboxylic acids is 2. The fraction of sp³-hybridized carbons (Fsp3) is 0.211. The van der Waals surface area contributed by atoms with Crippen molar-refractivity contribution in [2.45, 2.75) is 18.9 Å². The molecule has 0 aliphatic heterocycles. The number of aliphatic carboxylic acids is 2. The number of hydrogen-bond acceptors (Lipinski definition) is 5. The summed E-state index contributed by atoms with van der Waals surface area (Å²) in [7, 11) is 1.54. The van der Waals surface area contributed by atoms with E-state index in [0.717, 1.165) is 0 Å². The summed E-state index contributed by atoms with van der Waals surface area (Å²) in [5, 5.41) is 23.3. The fourth-order valence-electron chi connectivity index (χ4n) is 2.88. The van der Waals surface area contributed by atoms with Gasteiger partial charge in [-0.1, -0.05) is 11.6 Å². The summed E-state index contributed by atoms with van der Waals surface area (Å²) in [5.41, 5.74) is 1.78. The highest BCUT2D eigenvalue weighted by Crippen LogP contribution is 2.34. The van der Waals surface area contributed by atoms with Gasteiger partial charge in [0.2, 0.25) is 0 Å². The average Bonchev–Trinajstić information content (AvgIpc) is 2.63. The predicted octanol–water partition coefficient (Wildman–Crippen LogP) is 3.78. The van der Waals surface area contributed by atoms with Gasteiger partial charge in [0.25, 0.3) is 0 Å². The molecule has 0 amide bonds. The number of ether oxygens (including phenoxy) is 1. The first-order valence-electron chi connectivity index (χ1n) is 8.17. The topological polar surface area (TPSA) is 109 Å². The third-order valence-electron chi connectivity index (χ3n) is 4.21. The minimum atomic E-state index is -1.13. The van der Waals surface area contributed by atoms with Crippen molar-refractivity contribution < 1.29 is 24.5 Å². The van der Waals surface area contributed by atoms with E-state index in [2.05, 4.69) is 10.3 Å². The number of nitrogens with zero attached hydrogens (tertiary/aromatic N) is 1. The molecule has 0 aliphatic carbocycles. The number of nitrogens with one attached hydrogen (secondary N) is 1. The second kappa shape index (κ2) is 7.67. The van der Waals surface area contributed by atoms with Gasteiger partial charge >= 0.3 is 11.9 Å². The van der Waals surface area contributed by atoms with E-state index in [1.165, 1.54) is 7.11 Å². The van der Waals surface area contributed by atoms with E-state index in [0.29, 0.717) is 38.3 Å². The first kappa shape index (κ1) is 18.7. The van der Waals surface area contributed by atoms with Crippen molar-refractivity contribution in [1.29, 1.82) is 0 Å². The molecule has 0 fully saturated rings. The number of methoxy groups -OCH3 is 1. The highest BCUT2D eigenvalue weighted by Gasteiger charge is 2.21. The third kappa shape index (κ3) is 4.03. The number of rotatable bonds is 7. The number of aromatic nitrogens is 1. The lowest BCUT2D eigenvalue weighted by molar-refractivity contribution is -0.139. The minimum Gasteiger partial charge on any atom is -0.497 e. The Balaban J connectivity index is 2.19. The molecule has 0 saturated carbocycles. The highest BCUT2D eigenvalue weighted by molar-refractivity contribution is 6.31.